The second-order valence-corrected chi connectivity index (χ2v) is 4.63. The van der Waals surface area contributed by atoms with Crippen LogP contribution in [0, 0.1) is 0 Å². The minimum absolute atomic E-state index is 0.124. The van der Waals surface area contributed by atoms with Crippen molar-refractivity contribution in [3.63, 3.8) is 0 Å². The maximum absolute atomic E-state index is 11.7. The fourth-order valence-electron chi connectivity index (χ4n) is 2.17. The maximum atomic E-state index is 11.7. The third kappa shape index (κ3) is 2.41. The number of fused-ring (bicyclic) bond motifs is 1. The van der Waals surface area contributed by atoms with Crippen LogP contribution >= 0.6 is 0 Å². The quantitative estimate of drug-likeness (QED) is 0.753. The van der Waals surface area contributed by atoms with Gasteiger partial charge in [0.1, 0.15) is 0 Å². The Morgan fingerprint density at radius 2 is 1.90 bits per heavy atom. The summed E-state index contributed by atoms with van der Waals surface area (Å²) in [5, 5.41) is 4.76. The van der Waals surface area contributed by atoms with Crippen molar-refractivity contribution in [3.05, 3.63) is 54.4 Å². The number of aromatic nitrogens is 2. The first-order valence-electron chi connectivity index (χ1n) is 6.53. The van der Waals surface area contributed by atoms with Gasteiger partial charge >= 0.3 is 0 Å². The van der Waals surface area contributed by atoms with Crippen molar-refractivity contribution in [3.8, 4) is 11.3 Å². The minimum atomic E-state index is -0.345. The lowest BCUT2D eigenvalue weighted by Gasteiger charge is -2.07. The highest BCUT2D eigenvalue weighted by Gasteiger charge is 2.13. The molecule has 21 heavy (non-hydrogen) atoms. The molecule has 5 nitrogen and oxygen atoms in total. The molecule has 0 spiro atoms. The fourth-order valence-corrected chi connectivity index (χ4v) is 2.17. The van der Waals surface area contributed by atoms with Crippen LogP contribution in [-0.4, -0.2) is 22.9 Å². The molecule has 0 atom stereocenters. The van der Waals surface area contributed by atoms with Crippen LogP contribution in [0.15, 0.2) is 48.7 Å². The Morgan fingerprint density at radius 3 is 2.67 bits per heavy atom. The molecule has 0 saturated carbocycles. The van der Waals surface area contributed by atoms with E-state index in [0.29, 0.717) is 5.69 Å². The zero-order valence-electron chi connectivity index (χ0n) is 11.5. The van der Waals surface area contributed by atoms with Crippen molar-refractivity contribution >= 4 is 22.5 Å². The SMILES string of the molecule is CNC(=O)c1nc(-c2ccc3ccccc3c2)cnc1N. The van der Waals surface area contributed by atoms with Gasteiger partial charge in [0.15, 0.2) is 11.5 Å². The lowest BCUT2D eigenvalue weighted by molar-refractivity contribution is 0.0959. The summed E-state index contributed by atoms with van der Waals surface area (Å²) >= 11 is 0. The van der Waals surface area contributed by atoms with E-state index in [1.165, 1.54) is 7.05 Å². The van der Waals surface area contributed by atoms with Gasteiger partial charge in [0, 0.05) is 12.6 Å². The average molecular weight is 278 g/mol. The van der Waals surface area contributed by atoms with Crippen LogP contribution in [0.5, 0.6) is 0 Å². The Labute approximate surface area is 121 Å². The van der Waals surface area contributed by atoms with Gasteiger partial charge in [-0.15, -0.1) is 0 Å². The summed E-state index contributed by atoms with van der Waals surface area (Å²) in [5.41, 5.74) is 7.36. The van der Waals surface area contributed by atoms with Gasteiger partial charge in [-0.05, 0) is 16.8 Å². The zero-order valence-corrected chi connectivity index (χ0v) is 11.5. The molecule has 0 aliphatic rings. The molecule has 0 aliphatic carbocycles. The molecule has 0 saturated heterocycles. The first-order chi connectivity index (χ1) is 10.2. The Bertz CT molecular complexity index is 829. The van der Waals surface area contributed by atoms with Gasteiger partial charge in [0.2, 0.25) is 0 Å². The number of nitrogen functional groups attached to an aromatic ring is 1. The van der Waals surface area contributed by atoms with Crippen LogP contribution in [0.2, 0.25) is 0 Å². The summed E-state index contributed by atoms with van der Waals surface area (Å²) < 4.78 is 0. The molecular formula is C16H14N4O. The summed E-state index contributed by atoms with van der Waals surface area (Å²) in [7, 11) is 1.53. The molecule has 1 amide bonds. The van der Waals surface area contributed by atoms with Crippen LogP contribution in [0.4, 0.5) is 5.82 Å². The second kappa shape index (κ2) is 5.20. The number of hydrogen-bond acceptors (Lipinski definition) is 4. The van der Waals surface area contributed by atoms with Gasteiger partial charge in [0.05, 0.1) is 11.9 Å². The third-order valence-electron chi connectivity index (χ3n) is 3.29. The number of carbonyl (C=O) groups excluding carboxylic acids is 1. The Morgan fingerprint density at radius 1 is 1.14 bits per heavy atom. The number of amides is 1. The first-order valence-corrected chi connectivity index (χ1v) is 6.53. The molecular weight excluding hydrogens is 264 g/mol. The van der Waals surface area contributed by atoms with Gasteiger partial charge in [0.25, 0.3) is 5.91 Å². The third-order valence-corrected chi connectivity index (χ3v) is 3.29. The maximum Gasteiger partial charge on any atom is 0.273 e. The summed E-state index contributed by atoms with van der Waals surface area (Å²) in [6.45, 7) is 0. The van der Waals surface area contributed by atoms with E-state index in [9.17, 15) is 4.79 Å². The Kier molecular flexibility index (Phi) is 3.23. The predicted octanol–water partition coefficient (Wildman–Crippen LogP) is 2.24. The van der Waals surface area contributed by atoms with E-state index in [2.05, 4.69) is 15.3 Å². The molecule has 0 fully saturated rings. The summed E-state index contributed by atoms with van der Waals surface area (Å²) in [6, 6.07) is 14.0. The lowest BCUT2D eigenvalue weighted by Crippen LogP contribution is -2.21. The number of carbonyl (C=O) groups is 1. The van der Waals surface area contributed by atoms with Crippen molar-refractivity contribution in [1.82, 2.24) is 15.3 Å². The minimum Gasteiger partial charge on any atom is -0.382 e. The molecule has 1 heterocycles. The number of anilines is 1. The van der Waals surface area contributed by atoms with Crippen molar-refractivity contribution in [2.45, 2.75) is 0 Å². The van der Waals surface area contributed by atoms with Gasteiger partial charge in [-0.3, -0.25) is 4.79 Å². The molecule has 0 radical (unpaired) electrons. The smallest absolute Gasteiger partial charge is 0.273 e. The fraction of sp³-hybridized carbons (Fsp3) is 0.0625. The molecule has 0 aliphatic heterocycles. The zero-order chi connectivity index (χ0) is 14.8. The molecule has 0 unspecified atom stereocenters. The molecule has 1 aromatic heterocycles. The Hall–Kier alpha value is -2.95. The highest BCUT2D eigenvalue weighted by atomic mass is 16.1. The van der Waals surface area contributed by atoms with Crippen LogP contribution < -0.4 is 11.1 Å². The monoisotopic (exact) mass is 278 g/mol. The molecule has 3 N–H and O–H groups in total. The predicted molar refractivity (Wildman–Crippen MR) is 82.8 cm³/mol. The number of hydrogen-bond donors (Lipinski definition) is 2. The van der Waals surface area contributed by atoms with Gasteiger partial charge in [-0.2, -0.15) is 0 Å². The van der Waals surface area contributed by atoms with E-state index in [-0.39, 0.29) is 17.4 Å². The standard InChI is InChI=1S/C16H14N4O/c1-18-16(21)14-15(17)19-9-13(20-14)12-7-6-10-4-2-3-5-11(10)8-12/h2-9H,1H3,(H2,17,19)(H,18,21). The summed E-state index contributed by atoms with van der Waals surface area (Å²) in [5.74, 6) is -0.221. The number of rotatable bonds is 2. The van der Waals surface area contributed by atoms with Crippen LogP contribution in [0.1, 0.15) is 10.5 Å². The Balaban J connectivity index is 2.12. The number of nitrogens with one attached hydrogen (secondary N) is 1. The number of nitrogens with two attached hydrogens (primary N) is 1. The van der Waals surface area contributed by atoms with Gasteiger partial charge in [-0.25, -0.2) is 9.97 Å². The van der Waals surface area contributed by atoms with E-state index >= 15 is 0 Å². The topological polar surface area (TPSA) is 80.9 Å². The molecule has 104 valence electrons. The molecule has 3 aromatic rings. The van der Waals surface area contributed by atoms with E-state index in [1.807, 2.05) is 42.5 Å². The first kappa shape index (κ1) is 13.1. The normalized spacial score (nSPS) is 10.5. The van der Waals surface area contributed by atoms with Crippen LogP contribution in [0.25, 0.3) is 22.0 Å². The molecule has 5 heteroatoms. The van der Waals surface area contributed by atoms with E-state index in [1.54, 1.807) is 6.20 Å². The highest BCUT2D eigenvalue weighted by molar-refractivity contribution is 5.96. The second-order valence-electron chi connectivity index (χ2n) is 4.63. The van der Waals surface area contributed by atoms with Crippen molar-refractivity contribution < 1.29 is 4.79 Å². The van der Waals surface area contributed by atoms with Crippen molar-refractivity contribution in [2.24, 2.45) is 0 Å². The highest BCUT2D eigenvalue weighted by Crippen LogP contribution is 2.23. The van der Waals surface area contributed by atoms with Crippen LogP contribution in [0.3, 0.4) is 0 Å². The van der Waals surface area contributed by atoms with Crippen molar-refractivity contribution in [2.75, 3.05) is 12.8 Å². The molecule has 0 bridgehead atoms. The van der Waals surface area contributed by atoms with E-state index in [0.717, 1.165) is 16.3 Å². The summed E-state index contributed by atoms with van der Waals surface area (Å²) in [6.07, 6.45) is 1.58. The molecule has 2 aromatic carbocycles. The average Bonchev–Trinajstić information content (AvgIpc) is 2.54. The van der Waals surface area contributed by atoms with E-state index in [4.69, 9.17) is 5.73 Å². The summed E-state index contributed by atoms with van der Waals surface area (Å²) in [4.78, 5) is 20.1. The van der Waals surface area contributed by atoms with Crippen molar-refractivity contribution in [1.29, 1.82) is 0 Å². The number of nitrogens with zero attached hydrogens (tertiary/aromatic N) is 2. The number of benzene rings is 2. The lowest BCUT2D eigenvalue weighted by atomic mass is 10.1. The molecule has 3 rings (SSSR count). The largest absolute Gasteiger partial charge is 0.382 e. The van der Waals surface area contributed by atoms with E-state index < -0.39 is 0 Å². The van der Waals surface area contributed by atoms with Crippen LogP contribution in [-0.2, 0) is 0 Å². The van der Waals surface area contributed by atoms with Gasteiger partial charge < -0.3 is 11.1 Å². The van der Waals surface area contributed by atoms with Gasteiger partial charge in [-0.1, -0.05) is 36.4 Å².